The van der Waals surface area contributed by atoms with Crippen LogP contribution in [0.2, 0.25) is 0 Å². The summed E-state index contributed by atoms with van der Waals surface area (Å²) in [4.78, 5) is 21.2. The first-order valence-electron chi connectivity index (χ1n) is 6.38. The summed E-state index contributed by atoms with van der Waals surface area (Å²) in [6.45, 7) is 4.69. The third-order valence-corrected chi connectivity index (χ3v) is 3.95. The van der Waals surface area contributed by atoms with Crippen molar-refractivity contribution in [2.45, 2.75) is 26.7 Å². The highest BCUT2D eigenvalue weighted by Gasteiger charge is 2.15. The first-order chi connectivity index (χ1) is 9.22. The van der Waals surface area contributed by atoms with Crippen LogP contribution in [0.4, 0.5) is 0 Å². The summed E-state index contributed by atoms with van der Waals surface area (Å²) < 4.78 is 0. The van der Waals surface area contributed by atoms with Gasteiger partial charge < -0.3 is 5.32 Å². The molecule has 0 saturated carbocycles. The number of nitrogens with one attached hydrogen (secondary N) is 1. The molecule has 0 saturated heterocycles. The maximum atomic E-state index is 12.0. The molecule has 5 heteroatoms. The van der Waals surface area contributed by atoms with Gasteiger partial charge in [-0.05, 0) is 25.5 Å². The minimum Gasteiger partial charge on any atom is -0.351 e. The van der Waals surface area contributed by atoms with Crippen LogP contribution in [0.1, 0.15) is 35.1 Å². The van der Waals surface area contributed by atoms with Crippen molar-refractivity contribution in [1.29, 1.82) is 0 Å². The highest BCUT2D eigenvalue weighted by atomic mass is 32.1. The van der Waals surface area contributed by atoms with E-state index in [0.29, 0.717) is 4.88 Å². The number of aromatic nitrogens is 2. The predicted octanol–water partition coefficient (Wildman–Crippen LogP) is 3.04. The van der Waals surface area contributed by atoms with Gasteiger partial charge in [-0.15, -0.1) is 11.3 Å². The first kappa shape index (κ1) is 13.7. The zero-order valence-corrected chi connectivity index (χ0v) is 12.0. The van der Waals surface area contributed by atoms with Crippen molar-refractivity contribution in [3.63, 3.8) is 0 Å². The van der Waals surface area contributed by atoms with Gasteiger partial charge in [0.25, 0.3) is 5.91 Å². The molecule has 2 heterocycles. The predicted molar refractivity (Wildman–Crippen MR) is 77.3 cm³/mol. The van der Waals surface area contributed by atoms with Gasteiger partial charge in [0.2, 0.25) is 0 Å². The Morgan fingerprint density at radius 3 is 2.79 bits per heavy atom. The minimum absolute atomic E-state index is 0.0243. The van der Waals surface area contributed by atoms with Gasteiger partial charge in [-0.25, -0.2) is 4.98 Å². The molecule has 100 valence electrons. The first-order valence-corrected chi connectivity index (χ1v) is 7.20. The van der Waals surface area contributed by atoms with E-state index in [1.54, 1.807) is 12.4 Å². The molecule has 0 aromatic carbocycles. The van der Waals surface area contributed by atoms with E-state index >= 15 is 0 Å². The third-order valence-electron chi connectivity index (χ3n) is 2.75. The van der Waals surface area contributed by atoms with E-state index in [9.17, 15) is 4.79 Å². The van der Waals surface area contributed by atoms with E-state index in [1.807, 2.05) is 19.1 Å². The zero-order valence-electron chi connectivity index (χ0n) is 11.1. The molecular weight excluding hydrogens is 258 g/mol. The van der Waals surface area contributed by atoms with E-state index in [4.69, 9.17) is 0 Å². The molecule has 2 aromatic heterocycles. The van der Waals surface area contributed by atoms with Crippen LogP contribution < -0.4 is 5.32 Å². The fourth-order valence-corrected chi connectivity index (χ4v) is 2.67. The maximum absolute atomic E-state index is 12.0. The van der Waals surface area contributed by atoms with Crippen LogP contribution in [0, 0.1) is 6.92 Å². The highest BCUT2D eigenvalue weighted by Crippen LogP contribution is 2.27. The summed E-state index contributed by atoms with van der Waals surface area (Å²) in [6.07, 6.45) is 5.53. The SMILES string of the molecule is CCCCNC(=O)c1sc(-c2ccncc2)nc1C. The van der Waals surface area contributed by atoms with Crippen LogP contribution in [-0.2, 0) is 0 Å². The number of thiazole rings is 1. The van der Waals surface area contributed by atoms with Crippen molar-refractivity contribution in [2.75, 3.05) is 6.54 Å². The molecule has 0 fully saturated rings. The van der Waals surface area contributed by atoms with Crippen molar-refractivity contribution in [3.05, 3.63) is 35.1 Å². The van der Waals surface area contributed by atoms with Gasteiger partial charge in [0.05, 0.1) is 5.69 Å². The molecule has 19 heavy (non-hydrogen) atoms. The summed E-state index contributed by atoms with van der Waals surface area (Å²) in [7, 11) is 0. The van der Waals surface area contributed by atoms with Crippen molar-refractivity contribution < 1.29 is 4.79 Å². The van der Waals surface area contributed by atoms with E-state index in [2.05, 4.69) is 22.2 Å². The van der Waals surface area contributed by atoms with E-state index in [1.165, 1.54) is 11.3 Å². The average molecular weight is 275 g/mol. The number of aryl methyl sites for hydroxylation is 1. The summed E-state index contributed by atoms with van der Waals surface area (Å²) >= 11 is 1.43. The van der Waals surface area contributed by atoms with Crippen LogP contribution in [-0.4, -0.2) is 22.4 Å². The van der Waals surface area contributed by atoms with Gasteiger partial charge in [-0.1, -0.05) is 13.3 Å². The number of hydrogen-bond donors (Lipinski definition) is 1. The summed E-state index contributed by atoms with van der Waals surface area (Å²) in [5.74, 6) is -0.0243. The molecule has 2 rings (SSSR count). The van der Waals surface area contributed by atoms with Gasteiger partial charge in [0.15, 0.2) is 0 Å². The van der Waals surface area contributed by atoms with Crippen molar-refractivity contribution >= 4 is 17.2 Å². The largest absolute Gasteiger partial charge is 0.351 e. The Balaban J connectivity index is 2.15. The molecular formula is C14H17N3OS. The Kier molecular flexibility index (Phi) is 4.63. The summed E-state index contributed by atoms with van der Waals surface area (Å²) in [6, 6.07) is 3.80. The Morgan fingerprint density at radius 1 is 1.37 bits per heavy atom. The van der Waals surface area contributed by atoms with Crippen molar-refractivity contribution in [3.8, 4) is 10.6 Å². The molecule has 4 nitrogen and oxygen atoms in total. The Morgan fingerprint density at radius 2 is 2.11 bits per heavy atom. The number of rotatable bonds is 5. The molecule has 0 aliphatic carbocycles. The molecule has 0 atom stereocenters. The van der Waals surface area contributed by atoms with Crippen molar-refractivity contribution in [1.82, 2.24) is 15.3 Å². The van der Waals surface area contributed by atoms with Gasteiger partial charge in [0, 0.05) is 24.5 Å². The van der Waals surface area contributed by atoms with Gasteiger partial charge in [-0.3, -0.25) is 9.78 Å². The lowest BCUT2D eigenvalue weighted by atomic mass is 10.3. The van der Waals surface area contributed by atoms with Crippen LogP contribution in [0.3, 0.4) is 0 Å². The van der Waals surface area contributed by atoms with E-state index in [0.717, 1.165) is 35.7 Å². The van der Waals surface area contributed by atoms with Gasteiger partial charge >= 0.3 is 0 Å². The Labute approximate surface area is 116 Å². The summed E-state index contributed by atoms with van der Waals surface area (Å²) in [5.41, 5.74) is 1.78. The van der Waals surface area contributed by atoms with Crippen molar-refractivity contribution in [2.24, 2.45) is 0 Å². The zero-order chi connectivity index (χ0) is 13.7. The maximum Gasteiger partial charge on any atom is 0.263 e. The van der Waals surface area contributed by atoms with E-state index < -0.39 is 0 Å². The van der Waals surface area contributed by atoms with Crippen LogP contribution in [0.25, 0.3) is 10.6 Å². The van der Waals surface area contributed by atoms with Crippen LogP contribution >= 0.6 is 11.3 Å². The summed E-state index contributed by atoms with van der Waals surface area (Å²) in [5, 5.41) is 3.79. The second kappa shape index (κ2) is 6.43. The quantitative estimate of drug-likeness (QED) is 0.853. The molecule has 1 N–H and O–H groups in total. The Bertz CT molecular complexity index is 551. The Hall–Kier alpha value is -1.75. The second-order valence-corrected chi connectivity index (χ2v) is 5.28. The van der Waals surface area contributed by atoms with Crippen LogP contribution in [0.5, 0.6) is 0 Å². The fraction of sp³-hybridized carbons (Fsp3) is 0.357. The molecule has 0 aliphatic rings. The van der Waals surface area contributed by atoms with Gasteiger partial charge in [-0.2, -0.15) is 0 Å². The number of hydrogen-bond acceptors (Lipinski definition) is 4. The second-order valence-electron chi connectivity index (χ2n) is 4.28. The number of nitrogens with zero attached hydrogens (tertiary/aromatic N) is 2. The standard InChI is InChI=1S/C14H17N3OS/c1-3-4-7-16-13(18)12-10(2)17-14(19-12)11-5-8-15-9-6-11/h5-6,8-9H,3-4,7H2,1-2H3,(H,16,18). The minimum atomic E-state index is -0.0243. The fourth-order valence-electron chi connectivity index (χ4n) is 1.68. The molecule has 0 aliphatic heterocycles. The van der Waals surface area contributed by atoms with Gasteiger partial charge in [0.1, 0.15) is 9.88 Å². The molecule has 0 bridgehead atoms. The normalized spacial score (nSPS) is 10.4. The third kappa shape index (κ3) is 3.38. The van der Waals surface area contributed by atoms with Crippen LogP contribution in [0.15, 0.2) is 24.5 Å². The molecule has 0 spiro atoms. The monoisotopic (exact) mass is 275 g/mol. The van der Waals surface area contributed by atoms with E-state index in [-0.39, 0.29) is 5.91 Å². The molecule has 1 amide bonds. The number of pyridine rings is 1. The number of amides is 1. The smallest absolute Gasteiger partial charge is 0.263 e. The molecule has 0 radical (unpaired) electrons. The lowest BCUT2D eigenvalue weighted by Crippen LogP contribution is -2.24. The lowest BCUT2D eigenvalue weighted by Gasteiger charge is -2.01. The number of carbonyl (C=O) groups is 1. The number of unbranched alkanes of at least 4 members (excludes halogenated alkanes) is 1. The average Bonchev–Trinajstić information content (AvgIpc) is 2.82. The lowest BCUT2D eigenvalue weighted by molar-refractivity contribution is 0.0956. The number of carbonyl (C=O) groups excluding carboxylic acids is 1. The topological polar surface area (TPSA) is 54.9 Å². The highest BCUT2D eigenvalue weighted by molar-refractivity contribution is 7.17. The molecule has 0 unspecified atom stereocenters. The molecule has 2 aromatic rings.